The van der Waals surface area contributed by atoms with Gasteiger partial charge in [0.2, 0.25) is 0 Å². The standard InChI is InChI=1S/C16H16Cl3N3O3/c1-7-14(8(2)22(4)21-7)20-15(23)9(3)25-16(24)12-10(17)5-6-11(18)13(12)19/h5-6,9H,1-4H3,(H,20,23)/t9-/m1/s1. The molecule has 0 fully saturated rings. The summed E-state index contributed by atoms with van der Waals surface area (Å²) in [5, 5.41) is 7.14. The van der Waals surface area contributed by atoms with Crippen molar-refractivity contribution in [2.75, 3.05) is 5.32 Å². The van der Waals surface area contributed by atoms with E-state index in [-0.39, 0.29) is 20.6 Å². The van der Waals surface area contributed by atoms with Gasteiger partial charge in [0.05, 0.1) is 37.7 Å². The van der Waals surface area contributed by atoms with Gasteiger partial charge in [-0.25, -0.2) is 4.79 Å². The highest BCUT2D eigenvalue weighted by atomic mass is 35.5. The predicted molar refractivity (Wildman–Crippen MR) is 97.7 cm³/mol. The number of carbonyl (C=O) groups excluding carboxylic acids is 2. The summed E-state index contributed by atoms with van der Waals surface area (Å²) in [7, 11) is 1.77. The molecule has 1 aromatic heterocycles. The first-order valence-corrected chi connectivity index (χ1v) is 8.42. The molecule has 9 heteroatoms. The van der Waals surface area contributed by atoms with Crippen molar-refractivity contribution in [2.45, 2.75) is 26.9 Å². The number of ether oxygens (including phenoxy) is 1. The molecule has 2 rings (SSSR count). The third-order valence-corrected chi connectivity index (χ3v) is 4.78. The van der Waals surface area contributed by atoms with E-state index < -0.39 is 18.0 Å². The van der Waals surface area contributed by atoms with Gasteiger partial charge in [0.25, 0.3) is 5.91 Å². The molecule has 1 aromatic carbocycles. The third kappa shape index (κ3) is 4.08. The second-order valence-corrected chi connectivity index (χ2v) is 6.62. The van der Waals surface area contributed by atoms with Crippen LogP contribution in [0.15, 0.2) is 12.1 Å². The number of nitrogens with one attached hydrogen (secondary N) is 1. The lowest BCUT2D eigenvalue weighted by Crippen LogP contribution is -2.30. The second-order valence-electron chi connectivity index (χ2n) is 5.42. The zero-order valence-electron chi connectivity index (χ0n) is 14.0. The average Bonchev–Trinajstić information content (AvgIpc) is 2.77. The molecule has 25 heavy (non-hydrogen) atoms. The van der Waals surface area contributed by atoms with Crippen LogP contribution in [-0.4, -0.2) is 27.8 Å². The van der Waals surface area contributed by atoms with Crippen molar-refractivity contribution in [2.24, 2.45) is 7.05 Å². The largest absolute Gasteiger partial charge is 0.449 e. The Balaban J connectivity index is 2.14. The summed E-state index contributed by atoms with van der Waals surface area (Å²) in [5.74, 6) is -1.33. The van der Waals surface area contributed by atoms with Crippen LogP contribution >= 0.6 is 34.8 Å². The molecule has 0 aliphatic heterocycles. The van der Waals surface area contributed by atoms with Crippen LogP contribution in [0.25, 0.3) is 0 Å². The van der Waals surface area contributed by atoms with Gasteiger partial charge in [-0.15, -0.1) is 0 Å². The SMILES string of the molecule is Cc1nn(C)c(C)c1NC(=O)[C@@H](C)OC(=O)c1c(Cl)ccc(Cl)c1Cl. The number of esters is 1. The fourth-order valence-corrected chi connectivity index (χ4v) is 2.85. The second kappa shape index (κ2) is 7.64. The molecule has 0 saturated heterocycles. The summed E-state index contributed by atoms with van der Waals surface area (Å²) in [4.78, 5) is 24.6. The zero-order chi connectivity index (χ0) is 18.9. The van der Waals surface area contributed by atoms with Crippen molar-refractivity contribution in [3.63, 3.8) is 0 Å². The van der Waals surface area contributed by atoms with Gasteiger partial charge in [-0.05, 0) is 32.9 Å². The molecule has 0 radical (unpaired) electrons. The lowest BCUT2D eigenvalue weighted by atomic mass is 10.2. The normalized spacial score (nSPS) is 12.0. The van der Waals surface area contributed by atoms with Crippen LogP contribution in [0, 0.1) is 13.8 Å². The number of hydrogen-bond donors (Lipinski definition) is 1. The minimum absolute atomic E-state index is 0.0225. The molecule has 0 bridgehead atoms. The van der Waals surface area contributed by atoms with Crippen molar-refractivity contribution >= 4 is 52.4 Å². The van der Waals surface area contributed by atoms with Crippen LogP contribution in [0.2, 0.25) is 15.1 Å². The Morgan fingerprint density at radius 3 is 2.36 bits per heavy atom. The fraction of sp³-hybridized carbons (Fsp3) is 0.312. The van der Waals surface area contributed by atoms with Crippen LogP contribution < -0.4 is 5.32 Å². The smallest absolute Gasteiger partial charge is 0.342 e. The fourth-order valence-electron chi connectivity index (χ4n) is 2.17. The Hall–Kier alpha value is -1.76. The number of aromatic nitrogens is 2. The van der Waals surface area contributed by atoms with E-state index in [0.29, 0.717) is 11.4 Å². The van der Waals surface area contributed by atoms with Crippen molar-refractivity contribution in [1.82, 2.24) is 9.78 Å². The van der Waals surface area contributed by atoms with E-state index in [1.54, 1.807) is 18.7 Å². The molecule has 1 atom stereocenters. The number of anilines is 1. The quantitative estimate of drug-likeness (QED) is 0.613. The van der Waals surface area contributed by atoms with Gasteiger partial charge in [0.15, 0.2) is 6.10 Å². The molecular weight excluding hydrogens is 389 g/mol. The molecule has 2 aromatic rings. The number of benzene rings is 1. The number of amides is 1. The van der Waals surface area contributed by atoms with Crippen LogP contribution in [-0.2, 0) is 16.6 Å². The molecule has 134 valence electrons. The van der Waals surface area contributed by atoms with Gasteiger partial charge in [-0.1, -0.05) is 34.8 Å². The summed E-state index contributed by atoms with van der Waals surface area (Å²) >= 11 is 17.9. The molecule has 1 N–H and O–H groups in total. The molecule has 1 heterocycles. The first-order valence-electron chi connectivity index (χ1n) is 7.29. The van der Waals surface area contributed by atoms with Crippen LogP contribution in [0.1, 0.15) is 28.7 Å². The van der Waals surface area contributed by atoms with Crippen molar-refractivity contribution in [1.29, 1.82) is 0 Å². The Labute approximate surface area is 160 Å². The molecule has 0 aliphatic carbocycles. The lowest BCUT2D eigenvalue weighted by molar-refractivity contribution is -0.123. The third-order valence-electron chi connectivity index (χ3n) is 3.66. The lowest BCUT2D eigenvalue weighted by Gasteiger charge is -2.15. The van der Waals surface area contributed by atoms with Crippen LogP contribution in [0.4, 0.5) is 5.69 Å². The molecule has 6 nitrogen and oxygen atoms in total. The van der Waals surface area contributed by atoms with Gasteiger partial charge in [-0.2, -0.15) is 5.10 Å². The number of hydrogen-bond acceptors (Lipinski definition) is 4. The maximum absolute atomic E-state index is 12.3. The zero-order valence-corrected chi connectivity index (χ0v) is 16.3. The Morgan fingerprint density at radius 2 is 1.80 bits per heavy atom. The van der Waals surface area contributed by atoms with Gasteiger partial charge in [0, 0.05) is 7.05 Å². The molecule has 0 aliphatic rings. The van der Waals surface area contributed by atoms with Crippen LogP contribution in [0.5, 0.6) is 0 Å². The van der Waals surface area contributed by atoms with Crippen molar-refractivity contribution in [3.8, 4) is 0 Å². The summed E-state index contributed by atoms with van der Waals surface area (Å²) in [6, 6.07) is 2.90. The minimum atomic E-state index is -1.07. The van der Waals surface area contributed by atoms with E-state index in [0.717, 1.165) is 5.69 Å². The van der Waals surface area contributed by atoms with Crippen LogP contribution in [0.3, 0.4) is 0 Å². The highest BCUT2D eigenvalue weighted by Crippen LogP contribution is 2.32. The predicted octanol–water partition coefficient (Wildman–Crippen LogP) is 4.18. The van der Waals surface area contributed by atoms with E-state index in [1.807, 2.05) is 6.92 Å². The maximum atomic E-state index is 12.3. The van der Waals surface area contributed by atoms with Gasteiger partial charge in [0.1, 0.15) is 0 Å². The molecule has 1 amide bonds. The maximum Gasteiger partial charge on any atom is 0.342 e. The average molecular weight is 405 g/mol. The Bertz CT molecular complexity index is 849. The number of halogens is 3. The van der Waals surface area contributed by atoms with Crippen molar-refractivity contribution in [3.05, 3.63) is 44.2 Å². The summed E-state index contributed by atoms with van der Waals surface area (Å²) in [6.45, 7) is 5.03. The molecule has 0 unspecified atom stereocenters. The number of rotatable bonds is 4. The van der Waals surface area contributed by atoms with Gasteiger partial charge < -0.3 is 10.1 Å². The van der Waals surface area contributed by atoms with Crippen molar-refractivity contribution < 1.29 is 14.3 Å². The number of carbonyl (C=O) groups is 2. The van der Waals surface area contributed by atoms with E-state index in [1.165, 1.54) is 19.1 Å². The van der Waals surface area contributed by atoms with E-state index in [2.05, 4.69) is 10.4 Å². The Kier molecular flexibility index (Phi) is 5.98. The first kappa shape index (κ1) is 19.6. The highest BCUT2D eigenvalue weighted by Gasteiger charge is 2.25. The van der Waals surface area contributed by atoms with Gasteiger partial charge in [-0.3, -0.25) is 9.48 Å². The highest BCUT2D eigenvalue weighted by molar-refractivity contribution is 6.46. The monoisotopic (exact) mass is 403 g/mol. The minimum Gasteiger partial charge on any atom is -0.449 e. The van der Waals surface area contributed by atoms with Gasteiger partial charge >= 0.3 is 5.97 Å². The number of aryl methyl sites for hydroxylation is 2. The van der Waals surface area contributed by atoms with E-state index in [9.17, 15) is 9.59 Å². The summed E-state index contributed by atoms with van der Waals surface area (Å²) in [6.07, 6.45) is -1.07. The Morgan fingerprint density at radius 1 is 1.20 bits per heavy atom. The van der Waals surface area contributed by atoms with E-state index >= 15 is 0 Å². The summed E-state index contributed by atoms with van der Waals surface area (Å²) in [5.41, 5.74) is 1.94. The topological polar surface area (TPSA) is 73.2 Å². The molecule has 0 saturated carbocycles. The van der Waals surface area contributed by atoms with E-state index in [4.69, 9.17) is 39.5 Å². The molecular formula is C16H16Cl3N3O3. The summed E-state index contributed by atoms with van der Waals surface area (Å²) < 4.78 is 6.81. The first-order chi connectivity index (χ1) is 11.6. The number of nitrogens with zero attached hydrogens (tertiary/aromatic N) is 2. The molecule has 0 spiro atoms.